The molecule has 1 rings (SSSR count). The standard InChI is InChI=1S/C8H9BFIO3/c1-2-14-6-4-3-5(11)7(8(6)10)9(12)13/h3-4,12-13H,2H2,1H3. The molecule has 0 aliphatic heterocycles. The molecule has 0 radical (unpaired) electrons. The van der Waals surface area contributed by atoms with Gasteiger partial charge in [0.1, 0.15) is 0 Å². The van der Waals surface area contributed by atoms with Crippen LogP contribution in [0, 0.1) is 9.39 Å². The summed E-state index contributed by atoms with van der Waals surface area (Å²) in [6, 6.07) is 3.04. The molecule has 6 heteroatoms. The molecule has 76 valence electrons. The lowest BCUT2D eigenvalue weighted by Crippen LogP contribution is -2.35. The van der Waals surface area contributed by atoms with Gasteiger partial charge in [0.2, 0.25) is 0 Å². The zero-order valence-corrected chi connectivity index (χ0v) is 9.66. The first-order valence-electron chi connectivity index (χ1n) is 4.04. The van der Waals surface area contributed by atoms with E-state index in [1.807, 2.05) is 22.6 Å². The molecule has 0 aliphatic carbocycles. The lowest BCUT2D eigenvalue weighted by Gasteiger charge is -2.09. The van der Waals surface area contributed by atoms with E-state index in [-0.39, 0.29) is 11.2 Å². The molecular weight excluding hydrogens is 301 g/mol. The van der Waals surface area contributed by atoms with Gasteiger partial charge < -0.3 is 14.8 Å². The van der Waals surface area contributed by atoms with Crippen molar-refractivity contribution in [3.05, 3.63) is 21.5 Å². The Balaban J connectivity index is 3.19. The smallest absolute Gasteiger partial charge is 0.491 e. The highest BCUT2D eigenvalue weighted by atomic mass is 127. The highest BCUT2D eigenvalue weighted by Gasteiger charge is 2.23. The molecule has 2 N–H and O–H groups in total. The van der Waals surface area contributed by atoms with E-state index in [4.69, 9.17) is 14.8 Å². The minimum atomic E-state index is -1.82. The normalized spacial score (nSPS) is 10.1. The van der Waals surface area contributed by atoms with Crippen LogP contribution in [0.3, 0.4) is 0 Å². The van der Waals surface area contributed by atoms with Gasteiger partial charge in [0.05, 0.1) is 6.61 Å². The first-order valence-corrected chi connectivity index (χ1v) is 5.12. The predicted octanol–water partition coefficient (Wildman–Crippen LogP) is 0.509. The van der Waals surface area contributed by atoms with Gasteiger partial charge in [-0.15, -0.1) is 0 Å². The van der Waals surface area contributed by atoms with Crippen LogP contribution < -0.4 is 10.2 Å². The monoisotopic (exact) mass is 310 g/mol. The topological polar surface area (TPSA) is 49.7 Å². The Morgan fingerprint density at radius 3 is 2.64 bits per heavy atom. The van der Waals surface area contributed by atoms with E-state index in [1.165, 1.54) is 6.07 Å². The number of hydrogen-bond acceptors (Lipinski definition) is 3. The minimum absolute atomic E-state index is 0.0380. The van der Waals surface area contributed by atoms with E-state index in [2.05, 4.69) is 0 Å². The summed E-state index contributed by atoms with van der Waals surface area (Å²) >= 11 is 1.83. The summed E-state index contributed by atoms with van der Waals surface area (Å²) < 4.78 is 19.0. The number of hydrogen-bond donors (Lipinski definition) is 2. The molecule has 0 aliphatic rings. The molecule has 0 bridgehead atoms. The van der Waals surface area contributed by atoms with E-state index < -0.39 is 12.9 Å². The maximum absolute atomic E-state index is 13.5. The molecule has 1 aromatic carbocycles. The zero-order valence-electron chi connectivity index (χ0n) is 7.50. The molecule has 0 fully saturated rings. The van der Waals surface area contributed by atoms with Crippen molar-refractivity contribution < 1.29 is 19.2 Å². The van der Waals surface area contributed by atoms with Crippen molar-refractivity contribution in [2.24, 2.45) is 0 Å². The summed E-state index contributed by atoms with van der Waals surface area (Å²) in [5, 5.41) is 17.9. The molecule has 1 aromatic rings. The van der Waals surface area contributed by atoms with Gasteiger partial charge in [-0.2, -0.15) is 0 Å². The van der Waals surface area contributed by atoms with Crippen molar-refractivity contribution >= 4 is 35.2 Å². The Kier molecular flexibility index (Phi) is 4.15. The molecule has 0 spiro atoms. The first-order chi connectivity index (χ1) is 6.57. The predicted molar refractivity (Wildman–Crippen MR) is 60.1 cm³/mol. The van der Waals surface area contributed by atoms with Crippen LogP contribution in [-0.2, 0) is 0 Å². The summed E-state index contributed by atoms with van der Waals surface area (Å²) in [4.78, 5) is 0. The van der Waals surface area contributed by atoms with Crippen molar-refractivity contribution in [2.75, 3.05) is 6.61 Å². The SMILES string of the molecule is CCOc1ccc(I)c(B(O)O)c1F. The molecule has 0 heterocycles. The minimum Gasteiger partial charge on any atom is -0.491 e. The average molecular weight is 310 g/mol. The van der Waals surface area contributed by atoms with Gasteiger partial charge in [0.25, 0.3) is 0 Å². The van der Waals surface area contributed by atoms with E-state index in [9.17, 15) is 4.39 Å². The van der Waals surface area contributed by atoms with Crippen LogP contribution in [0.2, 0.25) is 0 Å². The molecule has 0 amide bonds. The van der Waals surface area contributed by atoms with Gasteiger partial charge in [0.15, 0.2) is 11.6 Å². The highest BCUT2D eigenvalue weighted by Crippen LogP contribution is 2.17. The van der Waals surface area contributed by atoms with Gasteiger partial charge in [-0.05, 0) is 41.6 Å². The summed E-state index contributed by atoms with van der Waals surface area (Å²) in [6.07, 6.45) is 0. The van der Waals surface area contributed by atoms with Crippen molar-refractivity contribution in [3.63, 3.8) is 0 Å². The van der Waals surface area contributed by atoms with Crippen LogP contribution in [0.4, 0.5) is 4.39 Å². The number of benzene rings is 1. The highest BCUT2D eigenvalue weighted by molar-refractivity contribution is 14.1. The third-order valence-electron chi connectivity index (χ3n) is 1.65. The maximum atomic E-state index is 13.5. The Hall–Kier alpha value is -0.335. The van der Waals surface area contributed by atoms with Crippen molar-refractivity contribution in [2.45, 2.75) is 6.92 Å². The summed E-state index contributed by atoms with van der Waals surface area (Å²) in [7, 11) is -1.82. The Morgan fingerprint density at radius 1 is 1.50 bits per heavy atom. The number of rotatable bonds is 3. The molecule has 0 saturated heterocycles. The molecule has 3 nitrogen and oxygen atoms in total. The van der Waals surface area contributed by atoms with Crippen molar-refractivity contribution in [3.8, 4) is 5.75 Å². The zero-order chi connectivity index (χ0) is 10.7. The Bertz CT molecular complexity index is 333. The lowest BCUT2D eigenvalue weighted by atomic mass is 9.80. The second-order valence-corrected chi connectivity index (χ2v) is 3.74. The molecule has 0 atom stereocenters. The largest absolute Gasteiger partial charge is 0.492 e. The molecule has 0 unspecified atom stereocenters. The van der Waals surface area contributed by atoms with Crippen LogP contribution in [-0.4, -0.2) is 23.8 Å². The maximum Gasteiger partial charge on any atom is 0.492 e. The Morgan fingerprint density at radius 2 is 2.14 bits per heavy atom. The summed E-state index contributed by atoms with van der Waals surface area (Å²) in [5.74, 6) is -0.676. The fourth-order valence-corrected chi connectivity index (χ4v) is 1.75. The fraction of sp³-hybridized carbons (Fsp3) is 0.250. The van der Waals surface area contributed by atoms with Crippen LogP contribution in [0.25, 0.3) is 0 Å². The van der Waals surface area contributed by atoms with E-state index >= 15 is 0 Å². The third kappa shape index (κ3) is 2.37. The lowest BCUT2D eigenvalue weighted by molar-refractivity contribution is 0.321. The van der Waals surface area contributed by atoms with Gasteiger partial charge >= 0.3 is 7.12 Å². The van der Waals surface area contributed by atoms with E-state index in [0.29, 0.717) is 10.2 Å². The van der Waals surface area contributed by atoms with E-state index in [0.717, 1.165) is 0 Å². The van der Waals surface area contributed by atoms with Gasteiger partial charge in [-0.25, -0.2) is 4.39 Å². The quantitative estimate of drug-likeness (QED) is 0.632. The van der Waals surface area contributed by atoms with Crippen LogP contribution in [0.5, 0.6) is 5.75 Å². The molecule has 0 aromatic heterocycles. The van der Waals surface area contributed by atoms with Crippen molar-refractivity contribution in [1.82, 2.24) is 0 Å². The van der Waals surface area contributed by atoms with Gasteiger partial charge in [0, 0.05) is 9.03 Å². The van der Waals surface area contributed by atoms with Crippen LogP contribution >= 0.6 is 22.6 Å². The van der Waals surface area contributed by atoms with Crippen LogP contribution in [0.1, 0.15) is 6.92 Å². The average Bonchev–Trinajstić information content (AvgIpc) is 2.10. The molecule has 14 heavy (non-hydrogen) atoms. The summed E-state index contributed by atoms with van der Waals surface area (Å²) in [5.41, 5.74) is -0.142. The Labute approximate surface area is 95.2 Å². The van der Waals surface area contributed by atoms with Crippen molar-refractivity contribution in [1.29, 1.82) is 0 Å². The van der Waals surface area contributed by atoms with Gasteiger partial charge in [-0.1, -0.05) is 0 Å². The fourth-order valence-electron chi connectivity index (χ4n) is 1.05. The molecular formula is C8H9BFIO3. The number of ether oxygens (including phenoxy) is 1. The van der Waals surface area contributed by atoms with Crippen LogP contribution in [0.15, 0.2) is 12.1 Å². The first kappa shape index (κ1) is 11.7. The second kappa shape index (κ2) is 4.95. The third-order valence-corrected chi connectivity index (χ3v) is 2.59. The second-order valence-electron chi connectivity index (χ2n) is 2.58. The van der Waals surface area contributed by atoms with E-state index in [1.54, 1.807) is 13.0 Å². The summed E-state index contributed by atoms with van der Waals surface area (Å²) in [6.45, 7) is 2.06. The number of halogens is 2. The molecule has 0 saturated carbocycles. The van der Waals surface area contributed by atoms with Gasteiger partial charge in [-0.3, -0.25) is 0 Å².